The van der Waals surface area contributed by atoms with E-state index in [1.54, 1.807) is 0 Å². The number of carbonyl (C=O) groups is 1. The van der Waals surface area contributed by atoms with E-state index in [0.29, 0.717) is 17.7 Å². The second-order valence-electron chi connectivity index (χ2n) is 4.97. The monoisotopic (exact) mass is 211 g/mol. The van der Waals surface area contributed by atoms with Crippen molar-refractivity contribution in [1.82, 2.24) is 4.90 Å². The molecule has 0 atom stereocenters. The van der Waals surface area contributed by atoms with E-state index in [-0.39, 0.29) is 0 Å². The zero-order valence-electron chi connectivity index (χ0n) is 10.5. The van der Waals surface area contributed by atoms with Crippen molar-refractivity contribution in [1.29, 1.82) is 0 Å². The largest absolute Gasteiger partial charge is 0.301 e. The number of carbonyl (C=O) groups excluding carboxylic acids is 1. The van der Waals surface area contributed by atoms with Crippen molar-refractivity contribution in [3.05, 3.63) is 0 Å². The lowest BCUT2D eigenvalue weighted by Gasteiger charge is -2.34. The Morgan fingerprint density at radius 1 is 1.33 bits per heavy atom. The highest BCUT2D eigenvalue weighted by atomic mass is 16.1. The third-order valence-electron chi connectivity index (χ3n) is 3.49. The molecule has 1 heterocycles. The van der Waals surface area contributed by atoms with E-state index in [1.807, 2.05) is 0 Å². The lowest BCUT2D eigenvalue weighted by atomic mass is 9.89. The van der Waals surface area contributed by atoms with E-state index in [4.69, 9.17) is 0 Å². The number of Topliss-reactive ketones (excluding diaryl/α,β-unsaturated/α-hetero) is 1. The average molecular weight is 211 g/mol. The molecular formula is C13H25NO. The van der Waals surface area contributed by atoms with Gasteiger partial charge in [0.05, 0.1) is 0 Å². The highest BCUT2D eigenvalue weighted by molar-refractivity contribution is 5.81. The van der Waals surface area contributed by atoms with Gasteiger partial charge in [-0.15, -0.1) is 0 Å². The number of rotatable bonds is 5. The Morgan fingerprint density at radius 3 is 2.40 bits per heavy atom. The summed E-state index contributed by atoms with van der Waals surface area (Å²) in [7, 11) is 0. The molecule has 1 aliphatic heterocycles. The molecular weight excluding hydrogens is 186 g/mol. The standard InChI is InChI=1S/C13H25NO/c1-4-5-6-13(15)12-7-9-14(10-8-12)11(2)3/h11-12H,4-10H2,1-3H3. The summed E-state index contributed by atoms with van der Waals surface area (Å²) in [6.07, 6.45) is 5.18. The Bertz CT molecular complexity index is 193. The average Bonchev–Trinajstić information content (AvgIpc) is 2.26. The van der Waals surface area contributed by atoms with Gasteiger partial charge in [0.25, 0.3) is 0 Å². The van der Waals surface area contributed by atoms with Gasteiger partial charge in [-0.25, -0.2) is 0 Å². The van der Waals surface area contributed by atoms with Crippen LogP contribution in [0.4, 0.5) is 0 Å². The van der Waals surface area contributed by atoms with E-state index >= 15 is 0 Å². The van der Waals surface area contributed by atoms with Crippen molar-refractivity contribution >= 4 is 5.78 Å². The first-order valence-electron chi connectivity index (χ1n) is 6.42. The molecule has 0 amide bonds. The van der Waals surface area contributed by atoms with Gasteiger partial charge in [-0.1, -0.05) is 13.3 Å². The third kappa shape index (κ3) is 3.94. The van der Waals surface area contributed by atoms with Crippen LogP contribution in [0.5, 0.6) is 0 Å². The van der Waals surface area contributed by atoms with E-state index in [2.05, 4.69) is 25.7 Å². The van der Waals surface area contributed by atoms with Crippen LogP contribution in [0.1, 0.15) is 52.9 Å². The summed E-state index contributed by atoms with van der Waals surface area (Å²) in [4.78, 5) is 14.3. The van der Waals surface area contributed by atoms with Crippen LogP contribution < -0.4 is 0 Å². The molecule has 88 valence electrons. The molecule has 0 N–H and O–H groups in total. The minimum Gasteiger partial charge on any atom is -0.301 e. The quantitative estimate of drug-likeness (QED) is 0.697. The Hall–Kier alpha value is -0.370. The van der Waals surface area contributed by atoms with Gasteiger partial charge in [-0.3, -0.25) is 4.79 Å². The van der Waals surface area contributed by atoms with Gasteiger partial charge in [0.15, 0.2) is 0 Å². The molecule has 0 aromatic carbocycles. The van der Waals surface area contributed by atoms with E-state index < -0.39 is 0 Å². The number of ketones is 1. The van der Waals surface area contributed by atoms with Crippen LogP contribution in [-0.2, 0) is 4.79 Å². The topological polar surface area (TPSA) is 20.3 Å². The Labute approximate surface area is 94.0 Å². The lowest BCUT2D eigenvalue weighted by molar-refractivity contribution is -0.124. The van der Waals surface area contributed by atoms with Crippen molar-refractivity contribution < 1.29 is 4.79 Å². The molecule has 0 radical (unpaired) electrons. The molecule has 0 saturated carbocycles. The number of nitrogens with zero attached hydrogens (tertiary/aromatic N) is 1. The maximum atomic E-state index is 11.8. The van der Waals surface area contributed by atoms with Crippen molar-refractivity contribution in [2.24, 2.45) is 5.92 Å². The van der Waals surface area contributed by atoms with Gasteiger partial charge in [-0.2, -0.15) is 0 Å². The molecule has 1 saturated heterocycles. The summed E-state index contributed by atoms with van der Waals surface area (Å²) < 4.78 is 0. The van der Waals surface area contributed by atoms with Crippen LogP contribution in [-0.4, -0.2) is 29.8 Å². The molecule has 0 aliphatic carbocycles. The highest BCUT2D eigenvalue weighted by Crippen LogP contribution is 2.21. The van der Waals surface area contributed by atoms with E-state index in [0.717, 1.165) is 45.2 Å². The summed E-state index contributed by atoms with van der Waals surface area (Å²) in [5, 5.41) is 0. The van der Waals surface area contributed by atoms with Crippen LogP contribution in [0, 0.1) is 5.92 Å². The molecule has 1 rings (SSSR count). The SMILES string of the molecule is CCCCC(=O)C1CCN(C(C)C)CC1. The fourth-order valence-corrected chi connectivity index (χ4v) is 2.29. The fraction of sp³-hybridized carbons (Fsp3) is 0.923. The van der Waals surface area contributed by atoms with Gasteiger partial charge in [0, 0.05) is 18.4 Å². The maximum absolute atomic E-state index is 11.8. The smallest absolute Gasteiger partial charge is 0.136 e. The van der Waals surface area contributed by atoms with Gasteiger partial charge in [-0.05, 0) is 46.2 Å². The Morgan fingerprint density at radius 2 is 1.93 bits per heavy atom. The predicted octanol–water partition coefficient (Wildman–Crippen LogP) is 2.87. The van der Waals surface area contributed by atoms with Gasteiger partial charge >= 0.3 is 0 Å². The fourth-order valence-electron chi connectivity index (χ4n) is 2.29. The summed E-state index contributed by atoms with van der Waals surface area (Å²) in [5.74, 6) is 0.881. The zero-order chi connectivity index (χ0) is 11.3. The van der Waals surface area contributed by atoms with Crippen molar-refractivity contribution in [2.75, 3.05) is 13.1 Å². The summed E-state index contributed by atoms with van der Waals surface area (Å²) in [6.45, 7) is 8.84. The van der Waals surface area contributed by atoms with E-state index in [1.165, 1.54) is 0 Å². The third-order valence-corrected chi connectivity index (χ3v) is 3.49. The Balaban J connectivity index is 2.27. The molecule has 15 heavy (non-hydrogen) atoms. The first-order chi connectivity index (χ1) is 7.15. The second kappa shape index (κ2) is 6.26. The molecule has 1 fully saturated rings. The predicted molar refractivity (Wildman–Crippen MR) is 64.0 cm³/mol. The molecule has 2 heteroatoms. The normalized spacial score (nSPS) is 19.7. The molecule has 1 aliphatic rings. The number of hydrogen-bond acceptors (Lipinski definition) is 2. The number of likely N-dealkylation sites (tertiary alicyclic amines) is 1. The summed E-state index contributed by atoms with van der Waals surface area (Å²) in [5.41, 5.74) is 0. The van der Waals surface area contributed by atoms with Crippen LogP contribution >= 0.6 is 0 Å². The summed E-state index contributed by atoms with van der Waals surface area (Å²) in [6, 6.07) is 0.636. The van der Waals surface area contributed by atoms with Crippen molar-refractivity contribution in [3.8, 4) is 0 Å². The number of piperidine rings is 1. The van der Waals surface area contributed by atoms with Crippen LogP contribution in [0.15, 0.2) is 0 Å². The highest BCUT2D eigenvalue weighted by Gasteiger charge is 2.25. The minimum absolute atomic E-state index is 0.367. The molecule has 2 nitrogen and oxygen atoms in total. The Kier molecular flexibility index (Phi) is 5.30. The number of hydrogen-bond donors (Lipinski definition) is 0. The van der Waals surface area contributed by atoms with Crippen molar-refractivity contribution in [3.63, 3.8) is 0 Å². The molecule has 0 aromatic rings. The summed E-state index contributed by atoms with van der Waals surface area (Å²) >= 11 is 0. The van der Waals surface area contributed by atoms with Crippen LogP contribution in [0.3, 0.4) is 0 Å². The minimum atomic E-state index is 0.367. The molecule has 0 bridgehead atoms. The van der Waals surface area contributed by atoms with Crippen LogP contribution in [0.25, 0.3) is 0 Å². The lowest BCUT2D eigenvalue weighted by Crippen LogP contribution is -2.40. The second-order valence-corrected chi connectivity index (χ2v) is 4.97. The van der Waals surface area contributed by atoms with Gasteiger partial charge in [0.2, 0.25) is 0 Å². The van der Waals surface area contributed by atoms with Crippen molar-refractivity contribution in [2.45, 2.75) is 58.9 Å². The van der Waals surface area contributed by atoms with Gasteiger partial charge in [0.1, 0.15) is 5.78 Å². The van der Waals surface area contributed by atoms with Crippen LogP contribution in [0.2, 0.25) is 0 Å². The first kappa shape index (κ1) is 12.7. The molecule has 0 unspecified atom stereocenters. The molecule has 0 spiro atoms. The van der Waals surface area contributed by atoms with Gasteiger partial charge < -0.3 is 4.90 Å². The maximum Gasteiger partial charge on any atom is 0.136 e. The van der Waals surface area contributed by atoms with E-state index in [9.17, 15) is 4.79 Å². The zero-order valence-corrected chi connectivity index (χ0v) is 10.5. The molecule has 0 aromatic heterocycles. The first-order valence-corrected chi connectivity index (χ1v) is 6.42. The number of unbranched alkanes of at least 4 members (excludes halogenated alkanes) is 1.